The largest absolute Gasteiger partial charge is 0.363 e. The molecule has 7 heteroatoms. The lowest BCUT2D eigenvalue weighted by Crippen LogP contribution is -2.31. The fraction of sp³-hybridized carbons (Fsp3) is 0.238. The van der Waals surface area contributed by atoms with E-state index in [1.165, 1.54) is 4.52 Å². The second-order valence-electron chi connectivity index (χ2n) is 6.95. The molecule has 1 amide bonds. The van der Waals surface area contributed by atoms with Crippen LogP contribution in [0.5, 0.6) is 0 Å². The van der Waals surface area contributed by atoms with Crippen molar-refractivity contribution in [3.8, 4) is 12.3 Å². The van der Waals surface area contributed by atoms with Crippen molar-refractivity contribution in [2.24, 2.45) is 0 Å². The first kappa shape index (κ1) is 17.7. The molecular formula is C21H19N5O2. The molecule has 4 rings (SSSR count). The van der Waals surface area contributed by atoms with Gasteiger partial charge in [0.05, 0.1) is 11.7 Å². The van der Waals surface area contributed by atoms with Crippen molar-refractivity contribution in [2.75, 3.05) is 0 Å². The molecule has 0 saturated heterocycles. The number of terminal acetylenes is 1. The minimum absolute atomic E-state index is 0.115. The normalized spacial score (nSPS) is 15.6. The van der Waals surface area contributed by atoms with Crippen molar-refractivity contribution in [3.63, 3.8) is 0 Å². The quantitative estimate of drug-likeness (QED) is 0.689. The highest BCUT2D eigenvalue weighted by Crippen LogP contribution is 2.30. The molecule has 28 heavy (non-hydrogen) atoms. The van der Waals surface area contributed by atoms with Crippen LogP contribution in [0.4, 0.5) is 0 Å². The first-order valence-corrected chi connectivity index (χ1v) is 9.02. The number of carbonyl (C=O) groups is 1. The van der Waals surface area contributed by atoms with Gasteiger partial charge < -0.3 is 5.32 Å². The van der Waals surface area contributed by atoms with Gasteiger partial charge in [-0.05, 0) is 61.1 Å². The van der Waals surface area contributed by atoms with Crippen LogP contribution in [0.2, 0.25) is 0 Å². The summed E-state index contributed by atoms with van der Waals surface area (Å²) in [6.07, 6.45) is 8.24. The van der Waals surface area contributed by atoms with Crippen molar-refractivity contribution < 1.29 is 4.79 Å². The number of hydrogen-bond acceptors (Lipinski definition) is 4. The Morgan fingerprint density at radius 2 is 2.21 bits per heavy atom. The van der Waals surface area contributed by atoms with Crippen LogP contribution in [-0.2, 0) is 6.42 Å². The minimum Gasteiger partial charge on any atom is -0.344 e. The molecule has 2 aromatic heterocycles. The Bertz CT molecular complexity index is 1210. The monoisotopic (exact) mass is 373 g/mol. The van der Waals surface area contributed by atoms with Crippen molar-refractivity contribution in [3.05, 3.63) is 69.4 Å². The molecule has 1 aliphatic carbocycles. The van der Waals surface area contributed by atoms with Gasteiger partial charge in [0, 0.05) is 5.56 Å². The lowest BCUT2D eigenvalue weighted by Gasteiger charge is -2.26. The van der Waals surface area contributed by atoms with Gasteiger partial charge in [0.15, 0.2) is 0 Å². The molecule has 7 nitrogen and oxygen atoms in total. The third-order valence-corrected chi connectivity index (χ3v) is 4.94. The summed E-state index contributed by atoms with van der Waals surface area (Å²) in [6.45, 7) is 5.69. The van der Waals surface area contributed by atoms with E-state index in [2.05, 4.69) is 32.9 Å². The zero-order valence-electron chi connectivity index (χ0n) is 15.5. The summed E-state index contributed by atoms with van der Waals surface area (Å²) < 4.78 is 1.43. The highest BCUT2D eigenvalue weighted by atomic mass is 16.2. The lowest BCUT2D eigenvalue weighted by atomic mass is 9.86. The highest BCUT2D eigenvalue weighted by Gasteiger charge is 2.24. The van der Waals surface area contributed by atoms with Crippen LogP contribution in [-0.4, -0.2) is 25.5 Å². The van der Waals surface area contributed by atoms with E-state index in [1.54, 1.807) is 13.0 Å². The number of fused-ring (bicyclic) bond motifs is 2. The van der Waals surface area contributed by atoms with Gasteiger partial charge in [-0.15, -0.1) is 6.42 Å². The molecule has 1 aliphatic rings. The average Bonchev–Trinajstić information content (AvgIpc) is 3.06. The Labute approximate surface area is 161 Å². The summed E-state index contributed by atoms with van der Waals surface area (Å²) >= 11 is 0. The van der Waals surface area contributed by atoms with Crippen molar-refractivity contribution >= 4 is 17.3 Å². The topological polar surface area (TPSA) is 92.2 Å². The Morgan fingerprint density at radius 1 is 1.39 bits per heavy atom. The van der Waals surface area contributed by atoms with E-state index in [4.69, 9.17) is 6.42 Å². The van der Waals surface area contributed by atoms with Gasteiger partial charge >= 0.3 is 5.69 Å². The zero-order valence-corrected chi connectivity index (χ0v) is 15.5. The van der Waals surface area contributed by atoms with Crippen LogP contribution in [0.25, 0.3) is 11.4 Å². The average molecular weight is 373 g/mol. The summed E-state index contributed by atoms with van der Waals surface area (Å²) in [5.74, 6) is 2.47. The number of benzene rings is 1. The molecule has 0 radical (unpaired) electrons. The molecule has 3 aromatic rings. The highest BCUT2D eigenvalue weighted by molar-refractivity contribution is 5.93. The summed E-state index contributed by atoms with van der Waals surface area (Å²) in [6, 6.07) is 7.37. The molecule has 0 bridgehead atoms. The van der Waals surface area contributed by atoms with Crippen LogP contribution >= 0.6 is 0 Å². The number of carbonyl (C=O) groups excluding carboxylic acids is 1. The summed E-state index contributed by atoms with van der Waals surface area (Å²) in [5, 5.41) is 5.62. The smallest absolute Gasteiger partial charge is 0.344 e. The van der Waals surface area contributed by atoms with Crippen LogP contribution in [0.3, 0.4) is 0 Å². The number of amides is 1. The van der Waals surface area contributed by atoms with Gasteiger partial charge in [0.25, 0.3) is 11.7 Å². The fourth-order valence-electron chi connectivity index (χ4n) is 3.61. The third kappa shape index (κ3) is 3.09. The SMILES string of the molecule is C#Cc1ccc2c(c1)CCC[C@@H]2NC(=O)c1cc(C(=C)C)n2[nH]c(=O)nc2n1. The number of hydrogen-bond donors (Lipinski definition) is 2. The second kappa shape index (κ2) is 6.82. The van der Waals surface area contributed by atoms with Gasteiger partial charge in [-0.25, -0.2) is 19.4 Å². The van der Waals surface area contributed by atoms with E-state index < -0.39 is 5.69 Å². The molecular weight excluding hydrogens is 354 g/mol. The molecule has 0 fully saturated rings. The van der Waals surface area contributed by atoms with E-state index in [1.807, 2.05) is 18.2 Å². The van der Waals surface area contributed by atoms with E-state index in [9.17, 15) is 9.59 Å². The molecule has 1 atom stereocenters. The van der Waals surface area contributed by atoms with Crippen molar-refractivity contribution in [1.29, 1.82) is 0 Å². The van der Waals surface area contributed by atoms with Crippen molar-refractivity contribution in [1.82, 2.24) is 24.9 Å². The molecule has 1 aromatic carbocycles. The maximum atomic E-state index is 12.9. The van der Waals surface area contributed by atoms with Crippen LogP contribution < -0.4 is 11.0 Å². The number of nitrogens with one attached hydrogen (secondary N) is 2. The number of aromatic nitrogens is 4. The lowest BCUT2D eigenvalue weighted by molar-refractivity contribution is 0.0927. The third-order valence-electron chi connectivity index (χ3n) is 4.94. The first-order valence-electron chi connectivity index (χ1n) is 9.02. The zero-order chi connectivity index (χ0) is 19.8. The summed E-state index contributed by atoms with van der Waals surface area (Å²) in [4.78, 5) is 32.5. The molecule has 2 N–H and O–H groups in total. The van der Waals surface area contributed by atoms with E-state index in [0.29, 0.717) is 11.3 Å². The van der Waals surface area contributed by atoms with Gasteiger partial charge in [-0.1, -0.05) is 18.6 Å². The van der Waals surface area contributed by atoms with Gasteiger partial charge in [0.1, 0.15) is 5.69 Å². The molecule has 0 aliphatic heterocycles. The van der Waals surface area contributed by atoms with Crippen LogP contribution in [0.15, 0.2) is 35.6 Å². The Balaban J connectivity index is 1.68. The molecule has 2 heterocycles. The number of aromatic amines is 1. The van der Waals surface area contributed by atoms with Crippen LogP contribution in [0, 0.1) is 12.3 Å². The maximum Gasteiger partial charge on any atom is 0.363 e. The van der Waals surface area contributed by atoms with E-state index >= 15 is 0 Å². The maximum absolute atomic E-state index is 12.9. The minimum atomic E-state index is -0.530. The predicted molar refractivity (Wildman–Crippen MR) is 106 cm³/mol. The molecule has 0 unspecified atom stereocenters. The van der Waals surface area contributed by atoms with Gasteiger partial charge in [-0.3, -0.25) is 4.79 Å². The molecule has 0 saturated carbocycles. The summed E-state index contributed by atoms with van der Waals surface area (Å²) in [5.41, 5.74) is 4.00. The Hall–Kier alpha value is -3.66. The predicted octanol–water partition coefficient (Wildman–Crippen LogP) is 2.24. The number of allylic oxidation sites excluding steroid dienone is 1. The first-order chi connectivity index (χ1) is 13.5. The van der Waals surface area contributed by atoms with E-state index in [-0.39, 0.29) is 23.4 Å². The molecule has 0 spiro atoms. The molecule has 140 valence electrons. The number of nitrogens with zero attached hydrogens (tertiary/aromatic N) is 3. The number of rotatable bonds is 3. The van der Waals surface area contributed by atoms with Crippen molar-refractivity contribution in [2.45, 2.75) is 32.2 Å². The Kier molecular flexibility index (Phi) is 4.32. The fourth-order valence-corrected chi connectivity index (χ4v) is 3.61. The standard InChI is InChI=1S/C21H19N5O2/c1-4-13-8-9-15-14(10-13)6-5-7-16(15)22-19(27)17-11-18(12(2)3)26-20(23-17)24-21(28)25-26/h1,8-11,16H,2,5-7H2,3H3,(H,22,27)(H,25,28)/t16-/m0/s1. The summed E-state index contributed by atoms with van der Waals surface area (Å²) in [7, 11) is 0. The Morgan fingerprint density at radius 3 is 2.96 bits per heavy atom. The van der Waals surface area contributed by atoms with E-state index in [0.717, 1.165) is 36.0 Å². The number of H-pyrrole nitrogens is 1. The van der Waals surface area contributed by atoms with Crippen LogP contribution in [0.1, 0.15) is 58.7 Å². The van der Waals surface area contributed by atoms with Gasteiger partial charge in [0.2, 0.25) is 0 Å². The van der Waals surface area contributed by atoms with Gasteiger partial charge in [-0.2, -0.15) is 4.98 Å². The number of aryl methyl sites for hydroxylation is 1. The second-order valence-corrected chi connectivity index (χ2v) is 6.95.